The second kappa shape index (κ2) is 8.14. The zero-order chi connectivity index (χ0) is 22.9. The zero-order valence-electron chi connectivity index (χ0n) is 17.4. The fraction of sp³-hybridized carbons (Fsp3) is 0.167. The van der Waals surface area contributed by atoms with Gasteiger partial charge in [-0.2, -0.15) is 5.10 Å². The van der Waals surface area contributed by atoms with Crippen LogP contribution in [-0.2, 0) is 21.7 Å². The van der Waals surface area contributed by atoms with Gasteiger partial charge in [-0.3, -0.25) is 14.5 Å². The molecule has 32 heavy (non-hydrogen) atoms. The zero-order valence-corrected chi connectivity index (χ0v) is 17.4. The number of imide groups is 1. The van der Waals surface area contributed by atoms with Gasteiger partial charge in [-0.05, 0) is 40.5 Å². The molecule has 0 aliphatic carbocycles. The smallest absolute Gasteiger partial charge is 0.328 e. The summed E-state index contributed by atoms with van der Waals surface area (Å²) in [7, 11) is 0. The molecule has 0 saturated carbocycles. The van der Waals surface area contributed by atoms with Gasteiger partial charge < -0.3 is 15.8 Å². The van der Waals surface area contributed by atoms with E-state index in [2.05, 4.69) is 5.10 Å². The molecule has 4 rings (SSSR count). The summed E-state index contributed by atoms with van der Waals surface area (Å²) in [5.74, 6) is 3.37. The number of benzene rings is 3. The normalized spacial score (nSPS) is 18.8. The summed E-state index contributed by atoms with van der Waals surface area (Å²) >= 11 is 0. The fourth-order valence-corrected chi connectivity index (χ4v) is 4.08. The first-order valence-corrected chi connectivity index (χ1v) is 10.0. The molecule has 0 spiro atoms. The highest BCUT2D eigenvalue weighted by Crippen LogP contribution is 2.38. The van der Waals surface area contributed by atoms with Crippen LogP contribution in [0.2, 0.25) is 0 Å². The molecule has 1 saturated heterocycles. The topological polar surface area (TPSA) is 116 Å². The lowest BCUT2D eigenvalue weighted by atomic mass is 9.89. The Balaban J connectivity index is 1.77. The van der Waals surface area contributed by atoms with Crippen LogP contribution < -0.4 is 5.84 Å². The first-order chi connectivity index (χ1) is 15.3. The van der Waals surface area contributed by atoms with E-state index in [9.17, 15) is 19.5 Å². The largest absolute Gasteiger partial charge is 0.480 e. The van der Waals surface area contributed by atoms with Crippen molar-refractivity contribution in [2.45, 2.75) is 19.0 Å². The standard InChI is InChI=1S/C24H22N4O4/c1-24(20-10-7-16(8-11-20)13-26-25)22(31)27(15-21(29)30)23(32)28(24)14-17-6-9-18-4-2-3-5-19(18)12-17/h2-13H,14-15,25H2,1H3,(H,29,30)/t24-/m1/s1. The quantitative estimate of drug-likeness (QED) is 0.270. The van der Waals surface area contributed by atoms with E-state index in [4.69, 9.17) is 5.84 Å². The van der Waals surface area contributed by atoms with E-state index >= 15 is 0 Å². The van der Waals surface area contributed by atoms with Gasteiger partial charge in [0.1, 0.15) is 12.1 Å². The maximum absolute atomic E-state index is 13.4. The lowest BCUT2D eigenvalue weighted by Crippen LogP contribution is -2.44. The number of nitrogens with two attached hydrogens (primary N) is 1. The summed E-state index contributed by atoms with van der Waals surface area (Å²) in [5.41, 5.74) is 0.773. The molecule has 3 amide bonds. The molecular formula is C24H22N4O4. The van der Waals surface area contributed by atoms with Crippen molar-refractivity contribution in [1.82, 2.24) is 9.80 Å². The summed E-state index contributed by atoms with van der Waals surface area (Å²) in [6.45, 7) is 1.09. The van der Waals surface area contributed by atoms with Gasteiger partial charge in [0.25, 0.3) is 5.91 Å². The summed E-state index contributed by atoms with van der Waals surface area (Å²) in [6, 6.07) is 20.0. The van der Waals surface area contributed by atoms with E-state index in [0.717, 1.165) is 26.8 Å². The van der Waals surface area contributed by atoms with Gasteiger partial charge in [0, 0.05) is 6.54 Å². The first-order valence-electron chi connectivity index (χ1n) is 10.0. The Labute approximate surface area is 184 Å². The lowest BCUT2D eigenvalue weighted by molar-refractivity contribution is -0.143. The highest BCUT2D eigenvalue weighted by molar-refractivity contribution is 6.08. The van der Waals surface area contributed by atoms with Crippen LogP contribution in [0.25, 0.3) is 10.8 Å². The summed E-state index contributed by atoms with van der Waals surface area (Å²) in [6.07, 6.45) is 1.47. The van der Waals surface area contributed by atoms with E-state index in [1.54, 1.807) is 31.2 Å². The van der Waals surface area contributed by atoms with Crippen LogP contribution in [0.15, 0.2) is 71.8 Å². The summed E-state index contributed by atoms with van der Waals surface area (Å²) in [5, 5.41) is 14.8. The van der Waals surface area contributed by atoms with Crippen LogP contribution in [-0.4, -0.2) is 45.6 Å². The molecule has 3 aromatic rings. The Bertz CT molecular complexity index is 1240. The van der Waals surface area contributed by atoms with Crippen molar-refractivity contribution in [3.63, 3.8) is 0 Å². The van der Waals surface area contributed by atoms with E-state index < -0.39 is 30.0 Å². The summed E-state index contributed by atoms with van der Waals surface area (Å²) < 4.78 is 0. The Morgan fingerprint density at radius 2 is 1.75 bits per heavy atom. The number of rotatable bonds is 6. The van der Waals surface area contributed by atoms with Gasteiger partial charge in [0.15, 0.2) is 0 Å². The molecule has 1 aliphatic rings. The Kier molecular flexibility index (Phi) is 5.36. The number of nitrogens with zero attached hydrogens (tertiary/aromatic N) is 3. The molecule has 3 N–H and O–H groups in total. The maximum atomic E-state index is 13.4. The van der Waals surface area contributed by atoms with E-state index in [1.165, 1.54) is 11.1 Å². The number of hydrogen-bond acceptors (Lipinski definition) is 5. The highest BCUT2D eigenvalue weighted by atomic mass is 16.4. The van der Waals surface area contributed by atoms with E-state index in [1.807, 2.05) is 42.5 Å². The van der Waals surface area contributed by atoms with Crippen molar-refractivity contribution < 1.29 is 19.5 Å². The monoisotopic (exact) mass is 430 g/mol. The Morgan fingerprint density at radius 1 is 1.06 bits per heavy atom. The minimum Gasteiger partial charge on any atom is -0.480 e. The van der Waals surface area contributed by atoms with Crippen molar-refractivity contribution >= 4 is 34.9 Å². The molecule has 0 unspecified atom stereocenters. The minimum absolute atomic E-state index is 0.147. The lowest BCUT2D eigenvalue weighted by Gasteiger charge is -2.32. The number of carboxylic acids is 1. The number of carbonyl (C=O) groups is 3. The average molecular weight is 430 g/mol. The molecule has 1 atom stereocenters. The van der Waals surface area contributed by atoms with Crippen molar-refractivity contribution in [2.75, 3.05) is 6.54 Å². The van der Waals surface area contributed by atoms with Crippen LogP contribution in [0.4, 0.5) is 4.79 Å². The first kappa shape index (κ1) is 21.0. The third kappa shape index (κ3) is 3.56. The third-order valence-corrected chi connectivity index (χ3v) is 5.81. The number of hydrazone groups is 1. The molecule has 3 aromatic carbocycles. The van der Waals surface area contributed by atoms with Gasteiger partial charge in [-0.15, -0.1) is 0 Å². The van der Waals surface area contributed by atoms with Gasteiger partial charge in [-0.1, -0.05) is 60.7 Å². The van der Waals surface area contributed by atoms with Crippen molar-refractivity contribution in [1.29, 1.82) is 0 Å². The predicted octanol–water partition coefficient (Wildman–Crippen LogP) is 2.90. The number of amides is 3. The second-order valence-corrected chi connectivity index (χ2v) is 7.81. The number of hydrogen-bond donors (Lipinski definition) is 2. The molecule has 1 fully saturated rings. The number of carboxylic acid groups (broad SMARTS) is 1. The summed E-state index contributed by atoms with van der Waals surface area (Å²) in [4.78, 5) is 40.1. The molecule has 1 aliphatic heterocycles. The average Bonchev–Trinajstić information content (AvgIpc) is 2.96. The molecule has 8 nitrogen and oxygen atoms in total. The molecule has 0 bridgehead atoms. The van der Waals surface area contributed by atoms with Gasteiger partial charge in [0.2, 0.25) is 0 Å². The Morgan fingerprint density at radius 3 is 2.41 bits per heavy atom. The van der Waals surface area contributed by atoms with Crippen LogP contribution in [0.3, 0.4) is 0 Å². The molecule has 8 heteroatoms. The minimum atomic E-state index is -1.36. The van der Waals surface area contributed by atoms with Crippen LogP contribution in [0.5, 0.6) is 0 Å². The maximum Gasteiger partial charge on any atom is 0.328 e. The van der Waals surface area contributed by atoms with Crippen LogP contribution in [0, 0.1) is 0 Å². The highest BCUT2D eigenvalue weighted by Gasteiger charge is 2.55. The molecule has 0 radical (unpaired) electrons. The van der Waals surface area contributed by atoms with Crippen LogP contribution >= 0.6 is 0 Å². The van der Waals surface area contributed by atoms with Crippen molar-refractivity contribution in [2.24, 2.45) is 10.9 Å². The molecular weight excluding hydrogens is 408 g/mol. The third-order valence-electron chi connectivity index (χ3n) is 5.81. The number of carbonyl (C=O) groups excluding carboxylic acids is 2. The molecule has 1 heterocycles. The van der Waals surface area contributed by atoms with Crippen LogP contribution in [0.1, 0.15) is 23.6 Å². The SMILES string of the molecule is C[C@@]1(c2ccc(C=NN)cc2)C(=O)N(CC(=O)O)C(=O)N1Cc1ccc2ccccc2c1. The predicted molar refractivity (Wildman–Crippen MR) is 120 cm³/mol. The van der Waals surface area contributed by atoms with Gasteiger partial charge >= 0.3 is 12.0 Å². The second-order valence-electron chi connectivity index (χ2n) is 7.81. The molecule has 0 aromatic heterocycles. The number of aliphatic carboxylic acids is 1. The fourth-order valence-electron chi connectivity index (χ4n) is 4.08. The van der Waals surface area contributed by atoms with E-state index in [0.29, 0.717) is 5.56 Å². The van der Waals surface area contributed by atoms with Gasteiger partial charge in [0.05, 0.1) is 6.21 Å². The van der Waals surface area contributed by atoms with Crippen molar-refractivity contribution in [3.8, 4) is 0 Å². The van der Waals surface area contributed by atoms with Crippen molar-refractivity contribution in [3.05, 3.63) is 83.4 Å². The van der Waals surface area contributed by atoms with E-state index in [-0.39, 0.29) is 6.54 Å². The van der Waals surface area contributed by atoms with Gasteiger partial charge in [-0.25, -0.2) is 4.79 Å². The number of urea groups is 1. The Hall–Kier alpha value is -4.20. The number of fused-ring (bicyclic) bond motifs is 1. The molecule has 162 valence electrons.